The lowest BCUT2D eigenvalue weighted by atomic mass is 9.86. The highest BCUT2D eigenvalue weighted by Gasteiger charge is 2.29. The highest BCUT2D eigenvalue weighted by molar-refractivity contribution is 7.09. The van der Waals surface area contributed by atoms with Crippen LogP contribution >= 0.6 is 11.3 Å². The van der Waals surface area contributed by atoms with Crippen molar-refractivity contribution >= 4 is 17.2 Å². The van der Waals surface area contributed by atoms with Crippen LogP contribution in [0.3, 0.4) is 0 Å². The van der Waals surface area contributed by atoms with Crippen LogP contribution in [0.1, 0.15) is 25.6 Å². The van der Waals surface area contributed by atoms with E-state index in [-0.39, 0.29) is 11.3 Å². The third-order valence-corrected chi connectivity index (χ3v) is 3.79. The van der Waals surface area contributed by atoms with E-state index >= 15 is 0 Å². The normalized spacial score (nSPS) is 13.5. The van der Waals surface area contributed by atoms with Crippen LogP contribution in [0.5, 0.6) is 0 Å². The van der Waals surface area contributed by atoms with Gasteiger partial charge in [0.1, 0.15) is 0 Å². The minimum absolute atomic E-state index is 0.0223. The highest BCUT2D eigenvalue weighted by Crippen LogP contribution is 2.19. The van der Waals surface area contributed by atoms with Crippen LogP contribution < -0.4 is 5.73 Å². The Bertz CT molecular complexity index is 354. The Kier molecular flexibility index (Phi) is 4.71. The summed E-state index contributed by atoms with van der Waals surface area (Å²) in [5.74, 6) is 0.0223. The molecule has 3 nitrogen and oxygen atoms in total. The molecular formula is C13H22N2OS. The molecule has 4 heteroatoms. The second kappa shape index (κ2) is 5.65. The number of carbonyl (C=O) groups is 1. The van der Waals surface area contributed by atoms with Crippen molar-refractivity contribution in [3.05, 3.63) is 22.4 Å². The Balaban J connectivity index is 2.47. The van der Waals surface area contributed by atoms with Crippen molar-refractivity contribution in [3.8, 4) is 0 Å². The monoisotopic (exact) mass is 254 g/mol. The zero-order valence-corrected chi connectivity index (χ0v) is 11.9. The van der Waals surface area contributed by atoms with E-state index in [2.05, 4.69) is 11.4 Å². The summed E-state index contributed by atoms with van der Waals surface area (Å²) in [6.07, 6.45) is 0.900. The van der Waals surface area contributed by atoms with Gasteiger partial charge in [0.05, 0.1) is 6.04 Å². The second-order valence-corrected chi connectivity index (χ2v) is 6.47. The topological polar surface area (TPSA) is 46.3 Å². The van der Waals surface area contributed by atoms with Gasteiger partial charge >= 0.3 is 0 Å². The van der Waals surface area contributed by atoms with E-state index in [0.29, 0.717) is 0 Å². The van der Waals surface area contributed by atoms with Crippen LogP contribution in [0.4, 0.5) is 0 Å². The molecule has 0 aromatic carbocycles. The van der Waals surface area contributed by atoms with Crippen LogP contribution in [0.25, 0.3) is 0 Å². The number of amides is 1. The molecule has 1 atom stereocenters. The molecular weight excluding hydrogens is 232 g/mol. The largest absolute Gasteiger partial charge is 0.344 e. The van der Waals surface area contributed by atoms with Gasteiger partial charge in [0, 0.05) is 18.5 Å². The lowest BCUT2D eigenvalue weighted by molar-refractivity contribution is -0.133. The summed E-state index contributed by atoms with van der Waals surface area (Å²) in [5.41, 5.74) is 5.77. The lowest BCUT2D eigenvalue weighted by Gasteiger charge is -2.29. The molecule has 1 amide bonds. The molecule has 0 fully saturated rings. The molecule has 0 aliphatic carbocycles. The number of hydrogen-bond acceptors (Lipinski definition) is 3. The maximum Gasteiger partial charge on any atom is 0.239 e. The Hall–Kier alpha value is -0.870. The van der Waals surface area contributed by atoms with Crippen molar-refractivity contribution in [2.45, 2.75) is 33.2 Å². The van der Waals surface area contributed by atoms with Crippen molar-refractivity contribution < 1.29 is 4.79 Å². The predicted octanol–water partition coefficient (Wildman–Crippen LogP) is 2.12. The Morgan fingerprint density at radius 2 is 2.18 bits per heavy atom. The molecule has 1 aromatic heterocycles. The molecule has 0 aliphatic rings. The fourth-order valence-electron chi connectivity index (χ4n) is 1.45. The first-order chi connectivity index (χ1) is 7.82. The molecule has 96 valence electrons. The lowest BCUT2D eigenvalue weighted by Crippen LogP contribution is -2.49. The summed E-state index contributed by atoms with van der Waals surface area (Å²) in [6, 6.07) is 3.69. The van der Waals surface area contributed by atoms with Gasteiger partial charge in [-0.1, -0.05) is 26.8 Å². The zero-order valence-electron chi connectivity index (χ0n) is 11.1. The summed E-state index contributed by atoms with van der Waals surface area (Å²) in [5, 5.41) is 2.05. The minimum Gasteiger partial charge on any atom is -0.344 e. The zero-order chi connectivity index (χ0) is 13.1. The van der Waals surface area contributed by atoms with E-state index in [0.717, 1.165) is 13.0 Å². The molecule has 1 heterocycles. The molecule has 0 aliphatic heterocycles. The van der Waals surface area contributed by atoms with Crippen LogP contribution in [0, 0.1) is 5.41 Å². The summed E-state index contributed by atoms with van der Waals surface area (Å²) >= 11 is 1.72. The van der Waals surface area contributed by atoms with E-state index in [9.17, 15) is 4.79 Å². The van der Waals surface area contributed by atoms with Crippen LogP contribution in [-0.4, -0.2) is 30.4 Å². The number of carbonyl (C=O) groups excluding carboxylic acids is 1. The van der Waals surface area contributed by atoms with E-state index in [1.807, 2.05) is 33.9 Å². The smallest absolute Gasteiger partial charge is 0.239 e. The van der Waals surface area contributed by atoms with Gasteiger partial charge in [-0.15, -0.1) is 11.3 Å². The number of thiophene rings is 1. The van der Waals surface area contributed by atoms with Crippen molar-refractivity contribution in [2.24, 2.45) is 11.1 Å². The third-order valence-electron chi connectivity index (χ3n) is 2.85. The van der Waals surface area contributed by atoms with Gasteiger partial charge in [-0.05, 0) is 23.3 Å². The highest BCUT2D eigenvalue weighted by atomic mass is 32.1. The first kappa shape index (κ1) is 14.2. The Morgan fingerprint density at radius 1 is 1.53 bits per heavy atom. The molecule has 0 bridgehead atoms. The van der Waals surface area contributed by atoms with Crippen LogP contribution in [0.15, 0.2) is 17.5 Å². The molecule has 0 saturated carbocycles. The Labute approximate surface area is 108 Å². The summed E-state index contributed by atoms with van der Waals surface area (Å²) in [7, 11) is 1.82. The average molecular weight is 254 g/mol. The van der Waals surface area contributed by atoms with E-state index in [4.69, 9.17) is 5.73 Å². The number of nitrogens with zero attached hydrogens (tertiary/aromatic N) is 1. The Morgan fingerprint density at radius 3 is 2.65 bits per heavy atom. The molecule has 0 spiro atoms. The number of rotatable bonds is 4. The summed E-state index contributed by atoms with van der Waals surface area (Å²) in [4.78, 5) is 15.1. The van der Waals surface area contributed by atoms with Gasteiger partial charge in [-0.2, -0.15) is 0 Å². The molecule has 1 aromatic rings. The van der Waals surface area contributed by atoms with Crippen LogP contribution in [-0.2, 0) is 11.2 Å². The number of hydrogen-bond donors (Lipinski definition) is 1. The number of likely N-dealkylation sites (N-methyl/N-ethyl adjacent to an activating group) is 1. The van der Waals surface area contributed by atoms with Gasteiger partial charge in [0.25, 0.3) is 0 Å². The van der Waals surface area contributed by atoms with Gasteiger partial charge < -0.3 is 10.6 Å². The fraction of sp³-hybridized carbons (Fsp3) is 0.615. The second-order valence-electron chi connectivity index (χ2n) is 5.43. The van der Waals surface area contributed by atoms with Gasteiger partial charge in [-0.3, -0.25) is 4.79 Å². The molecule has 0 radical (unpaired) electrons. The number of nitrogens with two attached hydrogens (primary N) is 1. The molecule has 0 saturated heterocycles. The molecule has 2 N–H and O–H groups in total. The van der Waals surface area contributed by atoms with Gasteiger partial charge in [0.15, 0.2) is 0 Å². The fourth-order valence-corrected chi connectivity index (χ4v) is 2.15. The maximum atomic E-state index is 12.1. The predicted molar refractivity (Wildman–Crippen MR) is 73.1 cm³/mol. The summed E-state index contributed by atoms with van der Waals surface area (Å²) < 4.78 is 0. The van der Waals surface area contributed by atoms with Gasteiger partial charge in [0.2, 0.25) is 5.91 Å². The maximum absolute atomic E-state index is 12.1. The van der Waals surface area contributed by atoms with Crippen molar-refractivity contribution in [2.75, 3.05) is 13.6 Å². The average Bonchev–Trinajstić information content (AvgIpc) is 2.75. The van der Waals surface area contributed by atoms with E-state index in [1.54, 1.807) is 16.2 Å². The van der Waals surface area contributed by atoms with Crippen LogP contribution in [0.2, 0.25) is 0 Å². The van der Waals surface area contributed by atoms with E-state index < -0.39 is 6.04 Å². The summed E-state index contributed by atoms with van der Waals surface area (Å²) in [6.45, 7) is 6.69. The standard InChI is InChI=1S/C13H22N2OS/c1-13(2,3)11(14)12(16)15(4)8-7-10-6-5-9-17-10/h5-6,9,11H,7-8,14H2,1-4H3. The molecule has 17 heavy (non-hydrogen) atoms. The van der Waals surface area contributed by atoms with Crippen molar-refractivity contribution in [3.63, 3.8) is 0 Å². The molecule has 1 unspecified atom stereocenters. The first-order valence-electron chi connectivity index (χ1n) is 5.85. The van der Waals surface area contributed by atoms with E-state index in [1.165, 1.54) is 4.88 Å². The SMILES string of the molecule is CN(CCc1cccs1)C(=O)C(N)C(C)(C)C. The quantitative estimate of drug-likeness (QED) is 0.894. The molecule has 1 rings (SSSR count). The van der Waals surface area contributed by atoms with Crippen molar-refractivity contribution in [1.29, 1.82) is 0 Å². The van der Waals surface area contributed by atoms with Gasteiger partial charge in [-0.25, -0.2) is 0 Å². The van der Waals surface area contributed by atoms with Crippen molar-refractivity contribution in [1.82, 2.24) is 4.90 Å². The minimum atomic E-state index is -0.434. The third kappa shape index (κ3) is 4.13. The first-order valence-corrected chi connectivity index (χ1v) is 6.73.